The van der Waals surface area contributed by atoms with Gasteiger partial charge in [0.25, 0.3) is 0 Å². The number of nitrogens with one attached hydrogen (secondary N) is 2. The molecule has 1 spiro atoms. The van der Waals surface area contributed by atoms with Gasteiger partial charge in [-0.2, -0.15) is 0 Å². The largest absolute Gasteiger partial charge is 0.457 e. The van der Waals surface area contributed by atoms with E-state index in [1.165, 1.54) is 61.2 Å². The van der Waals surface area contributed by atoms with Gasteiger partial charge in [0.05, 0.1) is 5.41 Å². The second kappa shape index (κ2) is 16.4. The molecule has 3 aliphatic rings. The first kappa shape index (κ1) is 39.8. The SMILES string of the molecule is c1ccc(-c2ccc(C3=NC(c4cccc(-c5cccc(-c6cccc(-c7ccc8c(c7)C7(c9ccccc9Oc9ccccc97)c7ccccc7-8)c6)c5)c4)NC(c4ccccc4)N3)cc2)cc1. The second-order valence-corrected chi connectivity index (χ2v) is 17.9. The molecule has 322 valence electrons. The summed E-state index contributed by atoms with van der Waals surface area (Å²) >= 11 is 0. The first-order valence-electron chi connectivity index (χ1n) is 23.4. The number of hydrogen-bond acceptors (Lipinski definition) is 4. The normalized spacial score (nSPS) is 16.0. The first-order valence-corrected chi connectivity index (χ1v) is 23.4. The zero-order valence-corrected chi connectivity index (χ0v) is 37.2. The van der Waals surface area contributed by atoms with Gasteiger partial charge in [-0.3, -0.25) is 5.32 Å². The van der Waals surface area contributed by atoms with Gasteiger partial charge < -0.3 is 10.1 Å². The van der Waals surface area contributed by atoms with Crippen molar-refractivity contribution in [3.8, 4) is 67.1 Å². The van der Waals surface area contributed by atoms with Gasteiger partial charge in [-0.05, 0) is 114 Å². The summed E-state index contributed by atoms with van der Waals surface area (Å²) in [5, 5.41) is 7.51. The average molecular weight is 872 g/mol. The molecule has 13 rings (SSSR count). The number of para-hydroxylation sites is 2. The number of ether oxygens (including phenoxy) is 1. The van der Waals surface area contributed by atoms with E-state index < -0.39 is 5.41 Å². The predicted octanol–water partition coefficient (Wildman–Crippen LogP) is 15.2. The van der Waals surface area contributed by atoms with Gasteiger partial charge in [0, 0.05) is 16.7 Å². The van der Waals surface area contributed by atoms with Crippen molar-refractivity contribution in [2.45, 2.75) is 17.7 Å². The van der Waals surface area contributed by atoms with E-state index in [9.17, 15) is 0 Å². The minimum Gasteiger partial charge on any atom is -0.457 e. The van der Waals surface area contributed by atoms with E-state index in [0.717, 1.165) is 50.7 Å². The van der Waals surface area contributed by atoms with Gasteiger partial charge >= 0.3 is 0 Å². The predicted molar refractivity (Wildman–Crippen MR) is 277 cm³/mol. The second-order valence-electron chi connectivity index (χ2n) is 17.9. The lowest BCUT2D eigenvalue weighted by Gasteiger charge is -2.39. The molecule has 2 N–H and O–H groups in total. The Labute approximate surface area is 396 Å². The molecule has 0 amide bonds. The Morgan fingerprint density at radius 2 is 0.794 bits per heavy atom. The summed E-state index contributed by atoms with van der Waals surface area (Å²) in [4.78, 5) is 5.31. The van der Waals surface area contributed by atoms with Crippen molar-refractivity contribution in [2.75, 3.05) is 0 Å². The van der Waals surface area contributed by atoms with Crippen LogP contribution >= 0.6 is 0 Å². The van der Waals surface area contributed by atoms with E-state index in [1.54, 1.807) is 0 Å². The van der Waals surface area contributed by atoms with Gasteiger partial charge in [-0.25, -0.2) is 4.99 Å². The smallest absolute Gasteiger partial charge is 0.132 e. The minimum absolute atomic E-state index is 0.128. The Kier molecular flexibility index (Phi) is 9.59. The number of fused-ring (bicyclic) bond motifs is 9. The summed E-state index contributed by atoms with van der Waals surface area (Å²) in [5.41, 5.74) is 19.6. The minimum atomic E-state index is -0.513. The number of hydrogen-bond donors (Lipinski definition) is 2. The number of rotatable bonds is 7. The highest BCUT2D eigenvalue weighted by Gasteiger charge is 2.51. The molecule has 0 radical (unpaired) electrons. The summed E-state index contributed by atoms with van der Waals surface area (Å²) in [6.45, 7) is 0. The van der Waals surface area contributed by atoms with E-state index in [-0.39, 0.29) is 12.3 Å². The molecule has 2 unspecified atom stereocenters. The van der Waals surface area contributed by atoms with Crippen molar-refractivity contribution in [1.29, 1.82) is 0 Å². The van der Waals surface area contributed by atoms with E-state index in [4.69, 9.17) is 9.73 Å². The van der Waals surface area contributed by atoms with Crippen LogP contribution in [-0.4, -0.2) is 5.84 Å². The van der Waals surface area contributed by atoms with Gasteiger partial charge in [0.15, 0.2) is 0 Å². The number of nitrogens with zero attached hydrogens (tertiary/aromatic N) is 1. The molecule has 0 saturated carbocycles. The standard InChI is InChI=1S/C64H45N3O/c1-3-16-42(17-4-1)43-32-34-45(35-33-43)62-65-61(44-18-5-2-6-19-44)66-63(67-62)52-25-15-24-50(40-52)48-22-13-20-46(38-48)47-21-14-23-49(39-47)51-36-37-54-53-26-7-8-27-55(53)64(58(54)41-51)56-28-9-11-30-59(56)68-60-31-12-10-29-57(60)64/h1-41,61,63,66H,(H,65,67). The number of amidine groups is 1. The first-order chi connectivity index (χ1) is 33.7. The molecule has 2 atom stereocenters. The Morgan fingerprint density at radius 1 is 0.338 bits per heavy atom. The van der Waals surface area contributed by atoms with Crippen LogP contribution in [0, 0.1) is 0 Å². The molecule has 2 aliphatic heterocycles. The molecular formula is C64H45N3O. The molecule has 0 aromatic heterocycles. The van der Waals surface area contributed by atoms with Crippen LogP contribution < -0.4 is 15.4 Å². The molecule has 2 heterocycles. The van der Waals surface area contributed by atoms with E-state index in [2.05, 4.69) is 259 Å². The Hall–Kier alpha value is -8.57. The zero-order chi connectivity index (χ0) is 45.0. The fourth-order valence-electron chi connectivity index (χ4n) is 10.8. The Bertz CT molecular complexity index is 3520. The van der Waals surface area contributed by atoms with Crippen LogP contribution in [0.15, 0.2) is 254 Å². The van der Waals surface area contributed by atoms with E-state index in [0.29, 0.717) is 0 Å². The van der Waals surface area contributed by atoms with Gasteiger partial charge in [0.1, 0.15) is 29.7 Å². The lowest BCUT2D eigenvalue weighted by molar-refractivity contribution is 0.409. The maximum atomic E-state index is 6.60. The summed E-state index contributed by atoms with van der Waals surface area (Å²) in [6, 6.07) is 89.5. The fourth-order valence-corrected chi connectivity index (χ4v) is 10.8. The zero-order valence-electron chi connectivity index (χ0n) is 37.2. The molecule has 68 heavy (non-hydrogen) atoms. The quantitative estimate of drug-likeness (QED) is 0.168. The summed E-state index contributed by atoms with van der Waals surface area (Å²) < 4.78 is 6.60. The summed E-state index contributed by atoms with van der Waals surface area (Å²) in [7, 11) is 0. The summed E-state index contributed by atoms with van der Waals surface area (Å²) in [6.07, 6.45) is -0.399. The molecule has 0 fully saturated rings. The van der Waals surface area contributed by atoms with Crippen LogP contribution in [0.3, 0.4) is 0 Å². The molecule has 10 aromatic rings. The van der Waals surface area contributed by atoms with Gasteiger partial charge in [-0.1, -0.05) is 212 Å². The molecule has 0 bridgehead atoms. The summed E-state index contributed by atoms with van der Waals surface area (Å²) in [5.74, 6) is 2.66. The maximum Gasteiger partial charge on any atom is 0.132 e. The lowest BCUT2D eigenvalue weighted by atomic mass is 9.66. The van der Waals surface area contributed by atoms with E-state index >= 15 is 0 Å². The van der Waals surface area contributed by atoms with Crippen molar-refractivity contribution in [3.63, 3.8) is 0 Å². The molecule has 10 aromatic carbocycles. The molecular weight excluding hydrogens is 827 g/mol. The van der Waals surface area contributed by atoms with Crippen LogP contribution in [0.4, 0.5) is 0 Å². The van der Waals surface area contributed by atoms with Crippen LogP contribution in [0.1, 0.15) is 51.3 Å². The van der Waals surface area contributed by atoms with Gasteiger partial charge in [-0.15, -0.1) is 0 Å². The third-order valence-electron chi connectivity index (χ3n) is 14.0. The average Bonchev–Trinajstić information content (AvgIpc) is 3.71. The monoisotopic (exact) mass is 871 g/mol. The topological polar surface area (TPSA) is 45.6 Å². The highest BCUT2D eigenvalue weighted by Crippen LogP contribution is 2.62. The third-order valence-corrected chi connectivity index (χ3v) is 14.0. The van der Waals surface area contributed by atoms with Crippen LogP contribution in [0.2, 0.25) is 0 Å². The van der Waals surface area contributed by atoms with E-state index in [1.807, 2.05) is 0 Å². The van der Waals surface area contributed by atoms with Crippen molar-refractivity contribution in [3.05, 3.63) is 288 Å². The Balaban J connectivity index is 0.841. The van der Waals surface area contributed by atoms with Crippen molar-refractivity contribution in [2.24, 2.45) is 4.99 Å². The molecule has 4 nitrogen and oxygen atoms in total. The van der Waals surface area contributed by atoms with Crippen LogP contribution in [0.25, 0.3) is 55.6 Å². The number of benzene rings is 10. The highest BCUT2D eigenvalue weighted by molar-refractivity contribution is 6.00. The number of aliphatic imine (C=N–C) groups is 1. The lowest BCUT2D eigenvalue weighted by Crippen LogP contribution is -2.44. The molecule has 0 saturated heterocycles. The highest BCUT2D eigenvalue weighted by atomic mass is 16.5. The molecule has 4 heteroatoms. The van der Waals surface area contributed by atoms with Crippen molar-refractivity contribution < 1.29 is 4.74 Å². The Morgan fingerprint density at radius 3 is 1.46 bits per heavy atom. The van der Waals surface area contributed by atoms with Crippen molar-refractivity contribution >= 4 is 5.84 Å². The fraction of sp³-hybridized carbons (Fsp3) is 0.0469. The van der Waals surface area contributed by atoms with Crippen LogP contribution in [0.5, 0.6) is 11.5 Å². The molecule has 1 aliphatic carbocycles. The maximum absolute atomic E-state index is 6.60. The van der Waals surface area contributed by atoms with Crippen LogP contribution in [-0.2, 0) is 5.41 Å². The van der Waals surface area contributed by atoms with Gasteiger partial charge in [0.2, 0.25) is 0 Å². The third kappa shape index (κ3) is 6.68. The van der Waals surface area contributed by atoms with Crippen molar-refractivity contribution in [1.82, 2.24) is 10.6 Å².